The van der Waals surface area contributed by atoms with Gasteiger partial charge in [-0.05, 0) is 22.8 Å². The van der Waals surface area contributed by atoms with E-state index in [1.54, 1.807) is 0 Å². The van der Waals surface area contributed by atoms with E-state index in [9.17, 15) is 4.79 Å². The molecule has 3 aromatic carbocycles. The van der Waals surface area contributed by atoms with E-state index in [1.165, 1.54) is 5.56 Å². The van der Waals surface area contributed by atoms with Crippen LogP contribution in [0.5, 0.6) is 0 Å². The third-order valence-electron chi connectivity index (χ3n) is 3.63. The van der Waals surface area contributed by atoms with Crippen LogP contribution in [0.3, 0.4) is 0 Å². The average molecular weight is 322 g/mol. The molecule has 0 saturated carbocycles. The molecule has 0 saturated heterocycles. The van der Waals surface area contributed by atoms with E-state index in [1.807, 2.05) is 42.5 Å². The van der Waals surface area contributed by atoms with Crippen LogP contribution in [0.2, 0.25) is 0 Å². The van der Waals surface area contributed by atoms with Crippen LogP contribution in [0, 0.1) is 0 Å². The summed E-state index contributed by atoms with van der Waals surface area (Å²) in [5, 5.41) is 2.83. The van der Waals surface area contributed by atoms with Gasteiger partial charge in [-0.25, -0.2) is 0 Å². The maximum atomic E-state index is 11.6. The lowest BCUT2D eigenvalue weighted by atomic mass is 9.99. The number of nitrogens with one attached hydrogen (secondary N) is 1. The van der Waals surface area contributed by atoms with Gasteiger partial charge < -0.3 is 5.32 Å². The normalized spacial score (nSPS) is 10.3. The molecular formula is C20H16ClNO. The molecule has 0 unspecified atom stereocenters. The molecule has 0 radical (unpaired) electrons. The van der Waals surface area contributed by atoms with Gasteiger partial charge in [-0.3, -0.25) is 4.79 Å². The number of benzene rings is 3. The van der Waals surface area contributed by atoms with Crippen LogP contribution >= 0.6 is 11.6 Å². The molecule has 0 atom stereocenters. The molecule has 1 N–H and O–H groups in total. The molecule has 114 valence electrons. The predicted molar refractivity (Wildman–Crippen MR) is 96.7 cm³/mol. The quantitative estimate of drug-likeness (QED) is 0.658. The Morgan fingerprint density at radius 3 is 2.00 bits per heavy atom. The zero-order valence-corrected chi connectivity index (χ0v) is 13.3. The topological polar surface area (TPSA) is 29.1 Å². The number of carbonyl (C=O) groups is 1. The van der Waals surface area contributed by atoms with Crippen molar-refractivity contribution < 1.29 is 4.79 Å². The van der Waals surface area contributed by atoms with Gasteiger partial charge in [-0.1, -0.05) is 72.8 Å². The van der Waals surface area contributed by atoms with Crippen molar-refractivity contribution in [2.24, 2.45) is 0 Å². The highest BCUT2D eigenvalue weighted by Crippen LogP contribution is 2.30. The SMILES string of the molecule is O=C(CCl)Nc1ccccc1-c1ccc(-c2ccccc2)cc1. The first-order valence-electron chi connectivity index (χ1n) is 7.38. The van der Waals surface area contributed by atoms with Crippen molar-refractivity contribution in [3.05, 3.63) is 78.9 Å². The molecule has 0 aliphatic heterocycles. The maximum Gasteiger partial charge on any atom is 0.239 e. The molecule has 1 amide bonds. The predicted octanol–water partition coefficient (Wildman–Crippen LogP) is 5.20. The van der Waals surface area contributed by atoms with Crippen LogP contribution in [0.25, 0.3) is 22.3 Å². The summed E-state index contributed by atoms with van der Waals surface area (Å²) in [5.41, 5.74) is 5.14. The van der Waals surface area contributed by atoms with Gasteiger partial charge in [0.15, 0.2) is 0 Å². The van der Waals surface area contributed by atoms with Crippen molar-refractivity contribution >= 4 is 23.2 Å². The number of hydrogen-bond donors (Lipinski definition) is 1. The lowest BCUT2D eigenvalue weighted by Gasteiger charge is -2.11. The van der Waals surface area contributed by atoms with Crippen molar-refractivity contribution in [2.45, 2.75) is 0 Å². The summed E-state index contributed by atoms with van der Waals surface area (Å²) in [7, 11) is 0. The van der Waals surface area contributed by atoms with E-state index in [0.717, 1.165) is 22.4 Å². The first-order valence-corrected chi connectivity index (χ1v) is 7.92. The molecule has 0 aromatic heterocycles. The molecule has 2 nitrogen and oxygen atoms in total. The van der Waals surface area contributed by atoms with Gasteiger partial charge in [0.25, 0.3) is 0 Å². The van der Waals surface area contributed by atoms with E-state index >= 15 is 0 Å². The molecular weight excluding hydrogens is 306 g/mol. The Labute approximate surface area is 140 Å². The summed E-state index contributed by atoms with van der Waals surface area (Å²) in [6, 6.07) is 26.3. The number of para-hydroxylation sites is 1. The van der Waals surface area contributed by atoms with Crippen LogP contribution in [0.4, 0.5) is 5.69 Å². The molecule has 3 heteroatoms. The average Bonchev–Trinajstić information content (AvgIpc) is 2.63. The zero-order valence-electron chi connectivity index (χ0n) is 12.5. The molecule has 0 fully saturated rings. The number of halogens is 1. The third-order valence-corrected chi connectivity index (χ3v) is 3.87. The standard InChI is InChI=1S/C20H16ClNO/c21-14-20(23)22-19-9-5-4-8-18(19)17-12-10-16(11-13-17)15-6-2-1-3-7-15/h1-13H,14H2,(H,22,23). The van der Waals surface area contributed by atoms with Gasteiger partial charge >= 0.3 is 0 Å². The summed E-state index contributed by atoms with van der Waals surface area (Å²) >= 11 is 5.58. The monoisotopic (exact) mass is 321 g/mol. The van der Waals surface area contributed by atoms with Gasteiger partial charge in [0.2, 0.25) is 5.91 Å². The fourth-order valence-corrected chi connectivity index (χ4v) is 2.57. The fraction of sp³-hybridized carbons (Fsp3) is 0.0500. The second-order valence-electron chi connectivity index (χ2n) is 5.17. The highest BCUT2D eigenvalue weighted by atomic mass is 35.5. The summed E-state index contributed by atoms with van der Waals surface area (Å²) in [6.45, 7) is 0. The van der Waals surface area contributed by atoms with Gasteiger partial charge in [-0.15, -0.1) is 11.6 Å². The smallest absolute Gasteiger partial charge is 0.239 e. The van der Waals surface area contributed by atoms with Crippen molar-refractivity contribution in [3.63, 3.8) is 0 Å². The highest BCUT2D eigenvalue weighted by Gasteiger charge is 2.07. The Hall–Kier alpha value is -2.58. The van der Waals surface area contributed by atoms with Gasteiger partial charge in [0.05, 0.1) is 0 Å². The Balaban J connectivity index is 1.92. The van der Waals surface area contributed by atoms with E-state index in [4.69, 9.17) is 11.6 Å². The Morgan fingerprint density at radius 1 is 0.739 bits per heavy atom. The maximum absolute atomic E-state index is 11.6. The summed E-state index contributed by atoms with van der Waals surface area (Å²) < 4.78 is 0. The molecule has 3 rings (SSSR count). The number of amides is 1. The second kappa shape index (κ2) is 7.12. The van der Waals surface area contributed by atoms with Crippen LogP contribution < -0.4 is 5.32 Å². The number of carbonyl (C=O) groups excluding carboxylic acids is 1. The minimum Gasteiger partial charge on any atom is -0.324 e. The van der Waals surface area contributed by atoms with E-state index in [2.05, 4.69) is 41.7 Å². The van der Waals surface area contributed by atoms with Gasteiger partial charge in [0, 0.05) is 11.3 Å². The molecule has 0 aliphatic carbocycles. The minimum absolute atomic E-state index is 0.0543. The number of hydrogen-bond acceptors (Lipinski definition) is 1. The molecule has 0 aliphatic rings. The van der Waals surface area contributed by atoms with Crippen LogP contribution in [-0.2, 0) is 4.79 Å². The Bertz CT molecular complexity index is 797. The lowest BCUT2D eigenvalue weighted by molar-refractivity contribution is -0.113. The Kier molecular flexibility index (Phi) is 4.74. The van der Waals surface area contributed by atoms with Crippen LogP contribution in [0.15, 0.2) is 78.9 Å². The third kappa shape index (κ3) is 3.61. The van der Waals surface area contributed by atoms with Crippen LogP contribution in [-0.4, -0.2) is 11.8 Å². The van der Waals surface area contributed by atoms with Crippen molar-refractivity contribution in [3.8, 4) is 22.3 Å². The molecule has 0 spiro atoms. The summed E-state index contributed by atoms with van der Waals surface area (Å²) in [5.74, 6) is -0.263. The molecule has 23 heavy (non-hydrogen) atoms. The van der Waals surface area contributed by atoms with Gasteiger partial charge in [0.1, 0.15) is 5.88 Å². The fourth-order valence-electron chi connectivity index (χ4n) is 2.50. The lowest BCUT2D eigenvalue weighted by Crippen LogP contribution is -2.13. The highest BCUT2D eigenvalue weighted by molar-refractivity contribution is 6.29. The zero-order chi connectivity index (χ0) is 16.1. The van der Waals surface area contributed by atoms with Gasteiger partial charge in [-0.2, -0.15) is 0 Å². The van der Waals surface area contributed by atoms with Crippen molar-refractivity contribution in [1.82, 2.24) is 0 Å². The number of anilines is 1. The first kappa shape index (κ1) is 15.3. The Morgan fingerprint density at radius 2 is 1.30 bits per heavy atom. The molecule has 0 heterocycles. The van der Waals surface area contributed by atoms with E-state index in [-0.39, 0.29) is 11.8 Å². The van der Waals surface area contributed by atoms with Crippen molar-refractivity contribution in [2.75, 3.05) is 11.2 Å². The summed E-state index contributed by atoms with van der Waals surface area (Å²) in [4.78, 5) is 11.6. The second-order valence-corrected chi connectivity index (χ2v) is 5.44. The van der Waals surface area contributed by atoms with Crippen LogP contribution in [0.1, 0.15) is 0 Å². The van der Waals surface area contributed by atoms with Crippen molar-refractivity contribution in [1.29, 1.82) is 0 Å². The number of rotatable bonds is 4. The largest absolute Gasteiger partial charge is 0.324 e. The molecule has 0 bridgehead atoms. The number of alkyl halides is 1. The van der Waals surface area contributed by atoms with E-state index in [0.29, 0.717) is 0 Å². The minimum atomic E-state index is -0.208. The first-order chi connectivity index (χ1) is 11.3. The molecule has 3 aromatic rings. The summed E-state index contributed by atoms with van der Waals surface area (Å²) in [6.07, 6.45) is 0. The van der Waals surface area contributed by atoms with E-state index < -0.39 is 0 Å².